The van der Waals surface area contributed by atoms with E-state index in [4.69, 9.17) is 27.9 Å². The van der Waals surface area contributed by atoms with Crippen molar-refractivity contribution in [2.45, 2.75) is 20.5 Å². The van der Waals surface area contributed by atoms with E-state index in [1.807, 2.05) is 30.5 Å². The summed E-state index contributed by atoms with van der Waals surface area (Å²) in [6, 6.07) is 15.5. The van der Waals surface area contributed by atoms with Crippen molar-refractivity contribution in [3.63, 3.8) is 0 Å². The molecule has 28 heavy (non-hydrogen) atoms. The summed E-state index contributed by atoms with van der Waals surface area (Å²) in [6.07, 6.45) is 1.81. The lowest BCUT2D eigenvalue weighted by atomic mass is 10.1. The summed E-state index contributed by atoms with van der Waals surface area (Å²) in [5.41, 5.74) is 4.98. The van der Waals surface area contributed by atoms with Gasteiger partial charge in [0.15, 0.2) is 0 Å². The van der Waals surface area contributed by atoms with Crippen molar-refractivity contribution in [1.82, 2.24) is 0 Å². The van der Waals surface area contributed by atoms with Gasteiger partial charge in [0.25, 0.3) is 0 Å². The van der Waals surface area contributed by atoms with Gasteiger partial charge in [0, 0.05) is 31.9 Å². The Kier molecular flexibility index (Phi) is 7.21. The molecule has 0 spiro atoms. The van der Waals surface area contributed by atoms with E-state index in [1.54, 1.807) is 12.1 Å². The number of hydrogen-bond donors (Lipinski definition) is 0. The maximum Gasteiger partial charge on any atom is 0.142 e. The summed E-state index contributed by atoms with van der Waals surface area (Å²) in [4.78, 5) is 4.65. The number of benzene rings is 3. The summed E-state index contributed by atoms with van der Waals surface area (Å²) in [6.45, 7) is 4.44. The van der Waals surface area contributed by atoms with Gasteiger partial charge in [-0.2, -0.15) is 0 Å². The third kappa shape index (κ3) is 5.38. The summed E-state index contributed by atoms with van der Waals surface area (Å²) < 4.78 is 7.84. The van der Waals surface area contributed by atoms with Crippen LogP contribution >= 0.6 is 55.1 Å². The van der Waals surface area contributed by atoms with Crippen molar-refractivity contribution in [2.75, 3.05) is 0 Å². The highest BCUT2D eigenvalue weighted by atomic mass is 79.9. The zero-order chi connectivity index (χ0) is 20.3. The number of rotatable bonds is 5. The molecule has 3 aromatic carbocycles. The van der Waals surface area contributed by atoms with E-state index in [0.717, 1.165) is 31.3 Å². The molecular formula is C22H17Br2Cl2NO. The number of hydrogen-bond acceptors (Lipinski definition) is 2. The van der Waals surface area contributed by atoms with Crippen LogP contribution in [0.2, 0.25) is 10.0 Å². The predicted molar refractivity (Wildman–Crippen MR) is 126 cm³/mol. The van der Waals surface area contributed by atoms with Gasteiger partial charge < -0.3 is 4.74 Å². The highest BCUT2D eigenvalue weighted by molar-refractivity contribution is 9.11. The minimum absolute atomic E-state index is 0.320. The van der Waals surface area contributed by atoms with Gasteiger partial charge in [-0.15, -0.1) is 0 Å². The van der Waals surface area contributed by atoms with Crippen LogP contribution in [-0.2, 0) is 6.61 Å². The molecule has 2 nitrogen and oxygen atoms in total. The molecule has 6 heteroatoms. The Morgan fingerprint density at radius 1 is 1.00 bits per heavy atom. The summed E-state index contributed by atoms with van der Waals surface area (Å²) >= 11 is 19.3. The average Bonchev–Trinajstić information content (AvgIpc) is 2.61. The van der Waals surface area contributed by atoms with Gasteiger partial charge in [-0.1, -0.05) is 62.9 Å². The molecule has 0 aliphatic heterocycles. The van der Waals surface area contributed by atoms with Crippen LogP contribution in [0.4, 0.5) is 5.69 Å². The van der Waals surface area contributed by atoms with Gasteiger partial charge in [-0.25, -0.2) is 0 Å². The molecule has 0 aromatic heterocycles. The molecule has 0 N–H and O–H groups in total. The first-order valence-corrected chi connectivity index (χ1v) is 10.8. The van der Waals surface area contributed by atoms with Crippen LogP contribution < -0.4 is 4.74 Å². The van der Waals surface area contributed by atoms with Crippen LogP contribution in [0.5, 0.6) is 5.75 Å². The monoisotopic (exact) mass is 539 g/mol. The molecule has 0 aliphatic rings. The van der Waals surface area contributed by atoms with Gasteiger partial charge >= 0.3 is 0 Å². The van der Waals surface area contributed by atoms with E-state index >= 15 is 0 Å². The second kappa shape index (κ2) is 9.45. The highest BCUT2D eigenvalue weighted by Gasteiger charge is 2.11. The molecule has 0 unspecified atom stereocenters. The van der Waals surface area contributed by atoms with E-state index in [0.29, 0.717) is 22.4 Å². The Labute approximate surface area is 191 Å². The lowest BCUT2D eigenvalue weighted by molar-refractivity contribution is 0.304. The largest absolute Gasteiger partial charge is 0.487 e. The minimum Gasteiger partial charge on any atom is -0.487 e. The van der Waals surface area contributed by atoms with Crippen LogP contribution in [0.15, 0.2) is 62.5 Å². The number of ether oxygens (including phenoxy) is 1. The second-order valence-electron chi connectivity index (χ2n) is 6.38. The van der Waals surface area contributed by atoms with Crippen molar-refractivity contribution in [3.8, 4) is 5.75 Å². The van der Waals surface area contributed by atoms with Crippen molar-refractivity contribution in [1.29, 1.82) is 0 Å². The maximum atomic E-state index is 6.26. The third-order valence-electron chi connectivity index (χ3n) is 4.12. The lowest BCUT2D eigenvalue weighted by Gasteiger charge is -2.13. The fourth-order valence-corrected chi connectivity index (χ4v) is 4.54. The summed E-state index contributed by atoms with van der Waals surface area (Å²) in [7, 11) is 0. The summed E-state index contributed by atoms with van der Waals surface area (Å²) in [5.74, 6) is 0.697. The average molecular weight is 542 g/mol. The standard InChI is InChI=1S/C22H17Br2Cl2NO/c1-13-3-6-21(14(2)7-13)27-11-16-8-17(23)9-19(24)22(16)28-12-15-4-5-18(25)10-20(15)26/h3-11H,12H2,1-2H3. The number of nitrogens with zero attached hydrogens (tertiary/aromatic N) is 1. The second-order valence-corrected chi connectivity index (χ2v) is 8.99. The lowest BCUT2D eigenvalue weighted by Crippen LogP contribution is -2.00. The fraction of sp³-hybridized carbons (Fsp3) is 0.136. The molecular weight excluding hydrogens is 525 g/mol. The van der Waals surface area contributed by atoms with Gasteiger partial charge in [-0.05, 0) is 65.7 Å². The van der Waals surface area contributed by atoms with Crippen molar-refractivity contribution >= 4 is 67.0 Å². The van der Waals surface area contributed by atoms with E-state index < -0.39 is 0 Å². The molecule has 0 atom stereocenters. The van der Waals surface area contributed by atoms with Crippen molar-refractivity contribution in [2.24, 2.45) is 4.99 Å². The van der Waals surface area contributed by atoms with Crippen LogP contribution in [-0.4, -0.2) is 6.21 Å². The fourth-order valence-electron chi connectivity index (χ4n) is 2.71. The molecule has 0 fully saturated rings. The first-order valence-electron chi connectivity index (χ1n) is 8.50. The van der Waals surface area contributed by atoms with Crippen molar-refractivity contribution < 1.29 is 4.74 Å². The van der Waals surface area contributed by atoms with Gasteiger partial charge in [0.05, 0.1) is 10.2 Å². The Morgan fingerprint density at radius 3 is 2.50 bits per heavy atom. The van der Waals surface area contributed by atoms with E-state index in [1.165, 1.54) is 5.56 Å². The van der Waals surface area contributed by atoms with E-state index in [-0.39, 0.29) is 0 Å². The quantitative estimate of drug-likeness (QED) is 0.297. The topological polar surface area (TPSA) is 21.6 Å². The van der Waals surface area contributed by atoms with Gasteiger partial charge in [-0.3, -0.25) is 4.99 Å². The van der Waals surface area contributed by atoms with Gasteiger partial charge in [0.2, 0.25) is 0 Å². The van der Waals surface area contributed by atoms with Crippen LogP contribution in [0.3, 0.4) is 0 Å². The molecule has 0 aliphatic carbocycles. The molecule has 0 bridgehead atoms. The van der Waals surface area contributed by atoms with Crippen LogP contribution in [0.25, 0.3) is 0 Å². The molecule has 3 aromatic rings. The number of aryl methyl sites for hydroxylation is 2. The molecule has 3 rings (SSSR count). The smallest absolute Gasteiger partial charge is 0.142 e. The van der Waals surface area contributed by atoms with Crippen molar-refractivity contribution in [3.05, 3.63) is 89.8 Å². The molecule has 0 saturated carbocycles. The number of halogens is 4. The Hall–Kier alpha value is -1.33. The maximum absolute atomic E-state index is 6.26. The van der Waals surface area contributed by atoms with Crippen LogP contribution in [0.1, 0.15) is 22.3 Å². The zero-order valence-electron chi connectivity index (χ0n) is 15.3. The first kappa shape index (κ1) is 21.4. The van der Waals surface area contributed by atoms with E-state index in [9.17, 15) is 0 Å². The highest BCUT2D eigenvalue weighted by Crippen LogP contribution is 2.34. The SMILES string of the molecule is Cc1ccc(N=Cc2cc(Br)cc(Br)c2OCc2ccc(Cl)cc2Cl)c(C)c1. The molecule has 144 valence electrons. The Balaban J connectivity index is 1.90. The molecule has 0 radical (unpaired) electrons. The predicted octanol–water partition coefficient (Wildman–Crippen LogP) is 8.46. The summed E-state index contributed by atoms with van der Waals surface area (Å²) in [5, 5.41) is 1.17. The number of aliphatic imine (C=N–C) groups is 1. The molecule has 0 heterocycles. The third-order valence-corrected chi connectivity index (χ3v) is 5.75. The van der Waals surface area contributed by atoms with Gasteiger partial charge in [0.1, 0.15) is 12.4 Å². The Morgan fingerprint density at radius 2 is 1.79 bits per heavy atom. The van der Waals surface area contributed by atoms with E-state index in [2.05, 4.69) is 62.8 Å². The Bertz CT molecular complexity index is 1050. The molecule has 0 amide bonds. The zero-order valence-corrected chi connectivity index (χ0v) is 20.0. The molecule has 0 saturated heterocycles. The first-order chi connectivity index (χ1) is 13.3. The van der Waals surface area contributed by atoms with Crippen LogP contribution in [0, 0.1) is 13.8 Å². The normalized spacial score (nSPS) is 11.2. The minimum atomic E-state index is 0.320.